The van der Waals surface area contributed by atoms with Crippen LogP contribution in [0.3, 0.4) is 0 Å². The summed E-state index contributed by atoms with van der Waals surface area (Å²) in [5, 5.41) is 3.02. The Kier molecular flexibility index (Phi) is 3.72. The first kappa shape index (κ1) is 12.7. The SMILES string of the molecule is CNC(c1cccc(F)c1)c1ccc(C)cc1F. The first-order valence-corrected chi connectivity index (χ1v) is 5.80. The summed E-state index contributed by atoms with van der Waals surface area (Å²) in [6.45, 7) is 1.84. The van der Waals surface area contributed by atoms with Crippen LogP contribution in [0.4, 0.5) is 8.78 Å². The second-order valence-corrected chi connectivity index (χ2v) is 4.30. The molecule has 0 aliphatic rings. The maximum absolute atomic E-state index is 13.9. The summed E-state index contributed by atoms with van der Waals surface area (Å²) >= 11 is 0. The average molecular weight is 247 g/mol. The Bertz CT molecular complexity index is 552. The number of hydrogen-bond donors (Lipinski definition) is 1. The Morgan fingerprint density at radius 2 is 1.83 bits per heavy atom. The van der Waals surface area contributed by atoms with Crippen molar-refractivity contribution in [3.05, 3.63) is 70.8 Å². The van der Waals surface area contributed by atoms with Crippen molar-refractivity contribution >= 4 is 0 Å². The van der Waals surface area contributed by atoms with Gasteiger partial charge in [-0.25, -0.2) is 8.78 Å². The van der Waals surface area contributed by atoms with Gasteiger partial charge in [0.05, 0.1) is 6.04 Å². The van der Waals surface area contributed by atoms with Gasteiger partial charge in [0.2, 0.25) is 0 Å². The Morgan fingerprint density at radius 1 is 1.06 bits per heavy atom. The molecule has 18 heavy (non-hydrogen) atoms. The van der Waals surface area contributed by atoms with Gasteiger partial charge in [-0.05, 0) is 43.3 Å². The lowest BCUT2D eigenvalue weighted by Crippen LogP contribution is -2.19. The summed E-state index contributed by atoms with van der Waals surface area (Å²) in [5.74, 6) is -0.598. The predicted octanol–water partition coefficient (Wildman–Crippen LogP) is 3.58. The molecule has 1 unspecified atom stereocenters. The van der Waals surface area contributed by atoms with E-state index in [9.17, 15) is 8.78 Å². The minimum absolute atomic E-state index is 0.279. The first-order chi connectivity index (χ1) is 8.61. The molecule has 1 atom stereocenters. The van der Waals surface area contributed by atoms with Gasteiger partial charge in [-0.3, -0.25) is 0 Å². The van der Waals surface area contributed by atoms with Crippen molar-refractivity contribution in [2.24, 2.45) is 0 Å². The third-order valence-electron chi connectivity index (χ3n) is 2.94. The highest BCUT2D eigenvalue weighted by Gasteiger charge is 2.16. The lowest BCUT2D eigenvalue weighted by Gasteiger charge is -2.18. The summed E-state index contributed by atoms with van der Waals surface area (Å²) in [7, 11) is 1.73. The van der Waals surface area contributed by atoms with Crippen LogP contribution in [-0.4, -0.2) is 7.05 Å². The van der Waals surface area contributed by atoms with Crippen LogP contribution < -0.4 is 5.32 Å². The Hall–Kier alpha value is -1.74. The number of aryl methyl sites for hydroxylation is 1. The third kappa shape index (κ3) is 2.57. The molecule has 94 valence electrons. The summed E-state index contributed by atoms with van der Waals surface area (Å²) in [6, 6.07) is 10.9. The number of benzene rings is 2. The Balaban J connectivity index is 2.45. The van der Waals surface area contributed by atoms with Gasteiger partial charge >= 0.3 is 0 Å². The van der Waals surface area contributed by atoms with Crippen molar-refractivity contribution in [2.45, 2.75) is 13.0 Å². The zero-order valence-corrected chi connectivity index (χ0v) is 10.4. The average Bonchev–Trinajstić information content (AvgIpc) is 2.33. The van der Waals surface area contributed by atoms with Gasteiger partial charge in [-0.1, -0.05) is 24.3 Å². The van der Waals surface area contributed by atoms with Crippen LogP contribution >= 0.6 is 0 Å². The van der Waals surface area contributed by atoms with E-state index < -0.39 is 0 Å². The quantitative estimate of drug-likeness (QED) is 0.874. The molecule has 0 bridgehead atoms. The van der Waals surface area contributed by atoms with Crippen LogP contribution in [0.1, 0.15) is 22.7 Å². The fourth-order valence-corrected chi connectivity index (χ4v) is 2.05. The second kappa shape index (κ2) is 5.27. The largest absolute Gasteiger partial charge is 0.309 e. The molecule has 1 N–H and O–H groups in total. The van der Waals surface area contributed by atoms with Crippen LogP contribution in [0.25, 0.3) is 0 Å². The Morgan fingerprint density at radius 3 is 2.44 bits per heavy atom. The zero-order valence-electron chi connectivity index (χ0n) is 10.4. The van der Waals surface area contributed by atoms with Crippen molar-refractivity contribution < 1.29 is 8.78 Å². The molecule has 0 aliphatic heterocycles. The summed E-state index contributed by atoms with van der Waals surface area (Å²) in [6.07, 6.45) is 0. The van der Waals surface area contributed by atoms with Crippen LogP contribution in [0.15, 0.2) is 42.5 Å². The van der Waals surface area contributed by atoms with E-state index in [1.54, 1.807) is 25.2 Å². The van der Waals surface area contributed by atoms with Crippen molar-refractivity contribution in [1.29, 1.82) is 0 Å². The molecule has 0 saturated carbocycles. The molecule has 0 amide bonds. The standard InChI is InChI=1S/C15H15F2N/c1-10-6-7-13(14(17)8-10)15(18-2)11-4-3-5-12(16)9-11/h3-9,15,18H,1-2H3. The lowest BCUT2D eigenvalue weighted by atomic mass is 9.97. The van der Waals surface area contributed by atoms with Gasteiger partial charge in [0, 0.05) is 5.56 Å². The van der Waals surface area contributed by atoms with Crippen molar-refractivity contribution in [1.82, 2.24) is 5.32 Å². The number of rotatable bonds is 3. The van der Waals surface area contributed by atoms with Gasteiger partial charge in [0.1, 0.15) is 11.6 Å². The summed E-state index contributed by atoms with van der Waals surface area (Å²) in [4.78, 5) is 0. The summed E-state index contributed by atoms with van der Waals surface area (Å²) < 4.78 is 27.2. The van der Waals surface area contributed by atoms with E-state index in [0.29, 0.717) is 11.1 Å². The molecule has 0 aliphatic carbocycles. The fourth-order valence-electron chi connectivity index (χ4n) is 2.05. The predicted molar refractivity (Wildman–Crippen MR) is 68.4 cm³/mol. The molecule has 0 fully saturated rings. The highest BCUT2D eigenvalue weighted by molar-refractivity contribution is 5.34. The molecule has 2 aromatic carbocycles. The van der Waals surface area contributed by atoms with E-state index in [-0.39, 0.29) is 17.7 Å². The van der Waals surface area contributed by atoms with E-state index in [2.05, 4.69) is 5.32 Å². The molecule has 0 saturated heterocycles. The molecule has 2 aromatic rings. The van der Waals surface area contributed by atoms with Gasteiger partial charge in [0.15, 0.2) is 0 Å². The first-order valence-electron chi connectivity index (χ1n) is 5.80. The van der Waals surface area contributed by atoms with Crippen LogP contribution in [0, 0.1) is 18.6 Å². The minimum atomic E-state index is -0.346. The van der Waals surface area contributed by atoms with Crippen LogP contribution in [0.5, 0.6) is 0 Å². The van der Waals surface area contributed by atoms with Crippen LogP contribution in [0.2, 0.25) is 0 Å². The monoisotopic (exact) mass is 247 g/mol. The maximum Gasteiger partial charge on any atom is 0.128 e. The molecule has 1 nitrogen and oxygen atoms in total. The van der Waals surface area contributed by atoms with Gasteiger partial charge in [-0.15, -0.1) is 0 Å². The lowest BCUT2D eigenvalue weighted by molar-refractivity contribution is 0.570. The van der Waals surface area contributed by atoms with Gasteiger partial charge in [-0.2, -0.15) is 0 Å². The fraction of sp³-hybridized carbons (Fsp3) is 0.200. The van der Waals surface area contributed by atoms with E-state index in [1.165, 1.54) is 18.2 Å². The zero-order chi connectivity index (χ0) is 13.1. The molecular formula is C15H15F2N. The van der Waals surface area contributed by atoms with Crippen molar-refractivity contribution in [2.75, 3.05) is 7.05 Å². The number of nitrogens with one attached hydrogen (secondary N) is 1. The maximum atomic E-state index is 13.9. The van der Waals surface area contributed by atoms with Gasteiger partial charge in [0.25, 0.3) is 0 Å². The van der Waals surface area contributed by atoms with Crippen LogP contribution in [-0.2, 0) is 0 Å². The highest BCUT2D eigenvalue weighted by atomic mass is 19.1. The van der Waals surface area contributed by atoms with Gasteiger partial charge < -0.3 is 5.32 Å². The molecule has 0 aromatic heterocycles. The van der Waals surface area contributed by atoms with E-state index in [1.807, 2.05) is 13.0 Å². The number of halogens is 2. The molecule has 0 spiro atoms. The van der Waals surface area contributed by atoms with E-state index in [0.717, 1.165) is 5.56 Å². The van der Waals surface area contributed by atoms with E-state index in [4.69, 9.17) is 0 Å². The summed E-state index contributed by atoms with van der Waals surface area (Å²) in [5.41, 5.74) is 2.10. The molecule has 0 heterocycles. The topological polar surface area (TPSA) is 12.0 Å². The molecular weight excluding hydrogens is 232 g/mol. The minimum Gasteiger partial charge on any atom is -0.309 e. The second-order valence-electron chi connectivity index (χ2n) is 4.30. The normalized spacial score (nSPS) is 12.4. The number of hydrogen-bond acceptors (Lipinski definition) is 1. The van der Waals surface area contributed by atoms with Crippen molar-refractivity contribution in [3.63, 3.8) is 0 Å². The van der Waals surface area contributed by atoms with Crippen molar-refractivity contribution in [3.8, 4) is 0 Å². The smallest absolute Gasteiger partial charge is 0.128 e. The Labute approximate surface area is 105 Å². The highest BCUT2D eigenvalue weighted by Crippen LogP contribution is 2.25. The molecule has 3 heteroatoms. The molecule has 2 rings (SSSR count). The molecule has 0 radical (unpaired) electrons. The van der Waals surface area contributed by atoms with E-state index >= 15 is 0 Å². The third-order valence-corrected chi connectivity index (χ3v) is 2.94.